The Morgan fingerprint density at radius 3 is 2.86 bits per heavy atom. The van der Waals surface area contributed by atoms with Crippen molar-refractivity contribution >= 4 is 11.6 Å². The van der Waals surface area contributed by atoms with Gasteiger partial charge in [-0.3, -0.25) is 0 Å². The Balaban J connectivity index is 1.69. The third-order valence-corrected chi connectivity index (χ3v) is 5.33. The lowest BCUT2D eigenvalue weighted by Gasteiger charge is -2.32. The fourth-order valence-electron chi connectivity index (χ4n) is 3.97. The molecule has 116 valence electrons. The summed E-state index contributed by atoms with van der Waals surface area (Å²) in [7, 11) is 1.71. The van der Waals surface area contributed by atoms with E-state index in [1.807, 2.05) is 12.1 Å². The summed E-state index contributed by atoms with van der Waals surface area (Å²) in [5.74, 6) is 1.50. The van der Waals surface area contributed by atoms with Gasteiger partial charge in [0, 0.05) is 20.2 Å². The fourth-order valence-corrected chi connectivity index (χ4v) is 4.17. The van der Waals surface area contributed by atoms with E-state index in [1.54, 1.807) is 13.2 Å². The average molecular weight is 312 g/mol. The predicted octanol–water partition coefficient (Wildman–Crippen LogP) is 3.67. The molecule has 0 aromatic heterocycles. The summed E-state index contributed by atoms with van der Waals surface area (Å²) in [6.45, 7) is 2.51. The summed E-state index contributed by atoms with van der Waals surface area (Å²) in [6, 6.07) is 5.35. The lowest BCUT2D eigenvalue weighted by Crippen LogP contribution is -2.36. The van der Waals surface area contributed by atoms with Gasteiger partial charge in [0.2, 0.25) is 0 Å². The van der Waals surface area contributed by atoms with Gasteiger partial charge in [0.25, 0.3) is 0 Å². The van der Waals surface area contributed by atoms with Crippen LogP contribution in [0.5, 0.6) is 0 Å². The topological polar surface area (TPSA) is 21.3 Å². The second-order valence-electron chi connectivity index (χ2n) is 6.72. The highest BCUT2D eigenvalue weighted by atomic mass is 35.5. The number of halogens is 2. The Kier molecular flexibility index (Phi) is 4.53. The van der Waals surface area contributed by atoms with Crippen LogP contribution in [-0.4, -0.2) is 26.8 Å². The van der Waals surface area contributed by atoms with Crippen LogP contribution in [0.15, 0.2) is 18.2 Å². The average Bonchev–Trinajstić information content (AvgIpc) is 3.08. The summed E-state index contributed by atoms with van der Waals surface area (Å²) in [5, 5.41) is 3.72. The number of benzene rings is 1. The van der Waals surface area contributed by atoms with E-state index in [-0.39, 0.29) is 16.3 Å². The minimum absolute atomic E-state index is 0.187. The first-order chi connectivity index (χ1) is 10.1. The number of fused-ring (bicyclic) bond motifs is 1. The van der Waals surface area contributed by atoms with Gasteiger partial charge in [-0.05, 0) is 54.6 Å². The summed E-state index contributed by atoms with van der Waals surface area (Å²) in [6.07, 6.45) is 4.58. The molecular formula is C17H23ClFNO. The molecular weight excluding hydrogens is 289 g/mol. The summed E-state index contributed by atoms with van der Waals surface area (Å²) >= 11 is 5.92. The van der Waals surface area contributed by atoms with Crippen molar-refractivity contribution in [1.82, 2.24) is 5.32 Å². The smallest absolute Gasteiger partial charge is 0.144 e. The molecule has 0 amide bonds. The Labute approximate surface area is 131 Å². The molecule has 0 saturated heterocycles. The van der Waals surface area contributed by atoms with Crippen LogP contribution in [0.1, 0.15) is 24.8 Å². The number of hydrogen-bond acceptors (Lipinski definition) is 2. The molecule has 2 atom stereocenters. The Morgan fingerprint density at radius 2 is 2.14 bits per heavy atom. The van der Waals surface area contributed by atoms with Crippen molar-refractivity contribution in [2.24, 2.45) is 17.3 Å². The molecule has 2 aliphatic rings. The lowest BCUT2D eigenvalue weighted by molar-refractivity contribution is 0.186. The molecule has 4 heteroatoms. The molecule has 2 saturated carbocycles. The molecule has 2 unspecified atom stereocenters. The maximum Gasteiger partial charge on any atom is 0.144 e. The highest BCUT2D eigenvalue weighted by Gasteiger charge is 2.53. The van der Waals surface area contributed by atoms with E-state index in [0.717, 1.165) is 36.9 Å². The van der Waals surface area contributed by atoms with Crippen molar-refractivity contribution in [2.45, 2.75) is 25.7 Å². The van der Waals surface area contributed by atoms with Crippen LogP contribution in [0.25, 0.3) is 0 Å². The Bertz CT molecular complexity index is 498. The van der Waals surface area contributed by atoms with Crippen LogP contribution < -0.4 is 5.32 Å². The van der Waals surface area contributed by atoms with Gasteiger partial charge in [0.15, 0.2) is 0 Å². The molecule has 1 aromatic rings. The van der Waals surface area contributed by atoms with Gasteiger partial charge in [0.05, 0.1) is 11.6 Å². The largest absolute Gasteiger partial charge is 0.383 e. The van der Waals surface area contributed by atoms with Crippen molar-refractivity contribution in [1.29, 1.82) is 0 Å². The van der Waals surface area contributed by atoms with Crippen molar-refractivity contribution in [3.63, 3.8) is 0 Å². The van der Waals surface area contributed by atoms with E-state index in [4.69, 9.17) is 16.3 Å². The minimum Gasteiger partial charge on any atom is -0.383 e. The minimum atomic E-state index is -0.240. The number of ether oxygens (including phenoxy) is 1. The van der Waals surface area contributed by atoms with Crippen LogP contribution >= 0.6 is 11.6 Å². The van der Waals surface area contributed by atoms with Gasteiger partial charge >= 0.3 is 0 Å². The first-order valence-corrected chi connectivity index (χ1v) is 8.14. The first kappa shape index (κ1) is 15.3. The standard InChI is InChI=1S/C17H23ClFNO/c1-21-6-5-20-11-17(9-13-7-14(13)10-17)8-12-3-2-4-15(18)16(12)19/h2-4,13-14,20H,5-11H2,1H3. The van der Waals surface area contributed by atoms with E-state index in [1.165, 1.54) is 19.3 Å². The zero-order valence-electron chi connectivity index (χ0n) is 12.5. The Morgan fingerprint density at radius 1 is 1.38 bits per heavy atom. The SMILES string of the molecule is COCCNCC1(Cc2cccc(Cl)c2F)CC2CC2C1. The molecule has 1 aromatic carbocycles. The second kappa shape index (κ2) is 6.23. The highest BCUT2D eigenvalue weighted by Crippen LogP contribution is 2.60. The van der Waals surface area contributed by atoms with Gasteiger partial charge in [-0.1, -0.05) is 23.7 Å². The summed E-state index contributed by atoms with van der Waals surface area (Å²) in [4.78, 5) is 0. The fraction of sp³-hybridized carbons (Fsp3) is 0.647. The van der Waals surface area contributed by atoms with Gasteiger partial charge in [-0.25, -0.2) is 4.39 Å². The molecule has 0 radical (unpaired) electrons. The zero-order chi connectivity index (χ0) is 14.9. The molecule has 0 spiro atoms. The summed E-state index contributed by atoms with van der Waals surface area (Å²) in [5.41, 5.74) is 0.949. The number of hydrogen-bond donors (Lipinski definition) is 1. The van der Waals surface area contributed by atoms with E-state index >= 15 is 0 Å². The Hall–Kier alpha value is -0.640. The lowest BCUT2D eigenvalue weighted by atomic mass is 9.77. The molecule has 0 bridgehead atoms. The van der Waals surface area contributed by atoms with Gasteiger partial charge in [-0.15, -0.1) is 0 Å². The molecule has 0 aliphatic heterocycles. The van der Waals surface area contributed by atoms with Crippen molar-refractivity contribution < 1.29 is 9.13 Å². The van der Waals surface area contributed by atoms with Crippen LogP contribution in [0.2, 0.25) is 5.02 Å². The second-order valence-corrected chi connectivity index (χ2v) is 7.13. The predicted molar refractivity (Wildman–Crippen MR) is 83.1 cm³/mol. The van der Waals surface area contributed by atoms with Crippen LogP contribution in [0.4, 0.5) is 4.39 Å². The maximum atomic E-state index is 14.2. The van der Waals surface area contributed by atoms with Crippen LogP contribution in [-0.2, 0) is 11.2 Å². The van der Waals surface area contributed by atoms with E-state index < -0.39 is 0 Å². The van der Waals surface area contributed by atoms with Crippen LogP contribution in [0.3, 0.4) is 0 Å². The van der Waals surface area contributed by atoms with E-state index in [2.05, 4.69) is 5.32 Å². The highest BCUT2D eigenvalue weighted by molar-refractivity contribution is 6.30. The maximum absolute atomic E-state index is 14.2. The first-order valence-electron chi connectivity index (χ1n) is 7.76. The van der Waals surface area contributed by atoms with Crippen molar-refractivity contribution in [3.8, 4) is 0 Å². The van der Waals surface area contributed by atoms with Crippen LogP contribution in [0, 0.1) is 23.1 Å². The van der Waals surface area contributed by atoms with Crippen molar-refractivity contribution in [3.05, 3.63) is 34.6 Å². The summed E-state index contributed by atoms with van der Waals surface area (Å²) < 4.78 is 19.3. The zero-order valence-corrected chi connectivity index (χ0v) is 13.3. The van der Waals surface area contributed by atoms with Gasteiger partial charge in [-0.2, -0.15) is 0 Å². The van der Waals surface area contributed by atoms with Gasteiger partial charge in [0.1, 0.15) is 5.82 Å². The van der Waals surface area contributed by atoms with E-state index in [0.29, 0.717) is 6.61 Å². The molecule has 2 fully saturated rings. The molecule has 3 rings (SSSR count). The monoisotopic (exact) mass is 311 g/mol. The molecule has 0 heterocycles. The number of methoxy groups -OCH3 is 1. The molecule has 2 aliphatic carbocycles. The number of nitrogens with one attached hydrogen (secondary N) is 1. The number of rotatable bonds is 7. The van der Waals surface area contributed by atoms with Crippen molar-refractivity contribution in [2.75, 3.05) is 26.8 Å². The van der Waals surface area contributed by atoms with Gasteiger partial charge < -0.3 is 10.1 Å². The van der Waals surface area contributed by atoms with E-state index in [9.17, 15) is 4.39 Å². The third kappa shape index (κ3) is 3.41. The normalized spacial score (nSPS) is 30.4. The quantitative estimate of drug-likeness (QED) is 0.776. The molecule has 21 heavy (non-hydrogen) atoms. The molecule has 2 nitrogen and oxygen atoms in total. The molecule has 1 N–H and O–H groups in total. The third-order valence-electron chi connectivity index (χ3n) is 5.04.